The van der Waals surface area contributed by atoms with Crippen molar-refractivity contribution in [2.24, 2.45) is 5.73 Å². The van der Waals surface area contributed by atoms with E-state index in [-0.39, 0.29) is 29.8 Å². The smallest absolute Gasteiger partial charge is 0.254 e. The number of benzene rings is 1. The van der Waals surface area contributed by atoms with E-state index in [1.54, 1.807) is 13.0 Å². The molecule has 4 heteroatoms. The largest absolute Gasteiger partial charge is 0.333 e. The lowest BCUT2D eigenvalue weighted by atomic mass is 9.97. The van der Waals surface area contributed by atoms with Crippen molar-refractivity contribution < 1.29 is 9.18 Å². The molecule has 1 aromatic carbocycles. The van der Waals surface area contributed by atoms with E-state index < -0.39 is 0 Å². The normalized spacial score (nSPS) is 29.6. The van der Waals surface area contributed by atoms with Crippen molar-refractivity contribution in [1.29, 1.82) is 0 Å². The van der Waals surface area contributed by atoms with Gasteiger partial charge >= 0.3 is 0 Å². The SMILES string of the molecule is Cc1cc(F)cc(C(=O)N2C3CCC2CC(N)C3)c1. The molecule has 1 aromatic rings. The summed E-state index contributed by atoms with van der Waals surface area (Å²) in [5.74, 6) is -0.383. The van der Waals surface area contributed by atoms with Crippen LogP contribution in [0.4, 0.5) is 4.39 Å². The van der Waals surface area contributed by atoms with Crippen LogP contribution >= 0.6 is 0 Å². The Morgan fingerprint density at radius 2 is 1.89 bits per heavy atom. The summed E-state index contributed by atoms with van der Waals surface area (Å²) < 4.78 is 13.4. The second-order valence-electron chi connectivity index (χ2n) is 5.85. The minimum absolute atomic E-state index is 0.0398. The number of carbonyl (C=O) groups excluding carboxylic acids is 1. The summed E-state index contributed by atoms with van der Waals surface area (Å²) in [5, 5.41) is 0. The lowest BCUT2D eigenvalue weighted by molar-refractivity contribution is 0.0574. The summed E-state index contributed by atoms with van der Waals surface area (Å²) in [5.41, 5.74) is 7.25. The molecular formula is C15H19FN2O. The van der Waals surface area contributed by atoms with E-state index in [1.807, 2.05) is 4.90 Å². The van der Waals surface area contributed by atoms with Crippen LogP contribution in [-0.4, -0.2) is 28.9 Å². The number of piperidine rings is 1. The second-order valence-corrected chi connectivity index (χ2v) is 5.85. The van der Waals surface area contributed by atoms with Crippen molar-refractivity contribution in [2.45, 2.75) is 50.7 Å². The molecule has 2 unspecified atom stereocenters. The molecule has 0 radical (unpaired) electrons. The minimum atomic E-state index is -0.343. The van der Waals surface area contributed by atoms with Gasteiger partial charge in [0.15, 0.2) is 0 Å². The molecule has 0 aliphatic carbocycles. The molecular weight excluding hydrogens is 243 g/mol. The van der Waals surface area contributed by atoms with Crippen LogP contribution in [0, 0.1) is 12.7 Å². The highest BCUT2D eigenvalue weighted by molar-refractivity contribution is 5.95. The summed E-state index contributed by atoms with van der Waals surface area (Å²) in [6.07, 6.45) is 3.80. The van der Waals surface area contributed by atoms with E-state index in [4.69, 9.17) is 5.73 Å². The predicted molar refractivity (Wildman–Crippen MR) is 71.3 cm³/mol. The maximum atomic E-state index is 13.4. The molecule has 2 fully saturated rings. The summed E-state index contributed by atoms with van der Waals surface area (Å²) >= 11 is 0. The van der Waals surface area contributed by atoms with Crippen molar-refractivity contribution in [2.75, 3.05) is 0 Å². The van der Waals surface area contributed by atoms with E-state index in [0.29, 0.717) is 5.56 Å². The molecule has 0 aromatic heterocycles. The Morgan fingerprint density at radius 3 is 2.47 bits per heavy atom. The fourth-order valence-corrected chi connectivity index (χ4v) is 3.56. The van der Waals surface area contributed by atoms with Crippen LogP contribution in [0.25, 0.3) is 0 Å². The van der Waals surface area contributed by atoms with E-state index in [9.17, 15) is 9.18 Å². The van der Waals surface area contributed by atoms with Gasteiger partial charge in [-0.05, 0) is 56.4 Å². The zero-order valence-corrected chi connectivity index (χ0v) is 11.1. The number of fused-ring (bicyclic) bond motifs is 2. The Kier molecular flexibility index (Phi) is 3.05. The molecule has 0 spiro atoms. The number of aryl methyl sites for hydroxylation is 1. The van der Waals surface area contributed by atoms with Crippen LogP contribution in [0.3, 0.4) is 0 Å². The molecule has 2 bridgehead atoms. The van der Waals surface area contributed by atoms with E-state index >= 15 is 0 Å². The van der Waals surface area contributed by atoms with Gasteiger partial charge in [-0.2, -0.15) is 0 Å². The first-order valence-corrected chi connectivity index (χ1v) is 6.90. The van der Waals surface area contributed by atoms with Crippen LogP contribution in [0.1, 0.15) is 41.6 Å². The quantitative estimate of drug-likeness (QED) is 0.843. The number of nitrogens with two attached hydrogens (primary N) is 1. The fourth-order valence-electron chi connectivity index (χ4n) is 3.56. The Balaban J connectivity index is 1.88. The molecule has 3 nitrogen and oxygen atoms in total. The average Bonchev–Trinajstić information content (AvgIpc) is 2.59. The topological polar surface area (TPSA) is 46.3 Å². The van der Waals surface area contributed by atoms with Crippen molar-refractivity contribution in [3.05, 3.63) is 35.1 Å². The maximum Gasteiger partial charge on any atom is 0.254 e. The van der Waals surface area contributed by atoms with Gasteiger partial charge in [0.25, 0.3) is 5.91 Å². The zero-order chi connectivity index (χ0) is 13.6. The van der Waals surface area contributed by atoms with Gasteiger partial charge in [-0.3, -0.25) is 4.79 Å². The highest BCUT2D eigenvalue weighted by Crippen LogP contribution is 2.36. The standard InChI is InChI=1S/C15H19FN2O/c1-9-4-10(6-11(16)5-9)15(19)18-13-2-3-14(18)8-12(17)7-13/h4-6,12-14H,2-3,7-8,17H2,1H3. The van der Waals surface area contributed by atoms with Crippen LogP contribution in [0.2, 0.25) is 0 Å². The number of nitrogens with zero attached hydrogens (tertiary/aromatic N) is 1. The van der Waals surface area contributed by atoms with Crippen LogP contribution < -0.4 is 5.73 Å². The van der Waals surface area contributed by atoms with Crippen molar-refractivity contribution in [3.63, 3.8) is 0 Å². The minimum Gasteiger partial charge on any atom is -0.333 e. The maximum absolute atomic E-state index is 13.4. The number of amides is 1. The number of halogens is 1. The predicted octanol–water partition coefficient (Wildman–Crippen LogP) is 2.23. The Labute approximate surface area is 112 Å². The van der Waals surface area contributed by atoms with E-state index in [1.165, 1.54) is 12.1 Å². The molecule has 102 valence electrons. The highest BCUT2D eigenvalue weighted by atomic mass is 19.1. The third-order valence-electron chi connectivity index (χ3n) is 4.29. The van der Waals surface area contributed by atoms with Crippen LogP contribution in [-0.2, 0) is 0 Å². The highest BCUT2D eigenvalue weighted by Gasteiger charge is 2.42. The molecule has 3 rings (SSSR count). The molecule has 2 saturated heterocycles. The first-order valence-electron chi connectivity index (χ1n) is 6.90. The molecule has 2 N–H and O–H groups in total. The third kappa shape index (κ3) is 2.25. The first kappa shape index (κ1) is 12.6. The lowest BCUT2D eigenvalue weighted by Gasteiger charge is -2.37. The van der Waals surface area contributed by atoms with Crippen LogP contribution in [0.15, 0.2) is 18.2 Å². The van der Waals surface area contributed by atoms with Gasteiger partial charge in [-0.1, -0.05) is 0 Å². The molecule has 2 heterocycles. The Morgan fingerprint density at radius 1 is 1.26 bits per heavy atom. The molecule has 2 aliphatic rings. The third-order valence-corrected chi connectivity index (χ3v) is 4.29. The van der Waals surface area contributed by atoms with Crippen molar-refractivity contribution >= 4 is 5.91 Å². The Bertz CT molecular complexity index is 483. The van der Waals surface area contributed by atoms with Gasteiger partial charge in [0.2, 0.25) is 0 Å². The van der Waals surface area contributed by atoms with Crippen LogP contribution in [0.5, 0.6) is 0 Å². The van der Waals surface area contributed by atoms with Gasteiger partial charge in [0, 0.05) is 23.7 Å². The van der Waals surface area contributed by atoms with Crippen molar-refractivity contribution in [1.82, 2.24) is 4.90 Å². The number of hydrogen-bond donors (Lipinski definition) is 1. The van der Waals surface area contributed by atoms with Gasteiger partial charge < -0.3 is 10.6 Å². The summed E-state index contributed by atoms with van der Waals surface area (Å²) in [4.78, 5) is 14.5. The summed E-state index contributed by atoms with van der Waals surface area (Å²) in [6, 6.07) is 5.23. The van der Waals surface area contributed by atoms with Gasteiger partial charge in [0.1, 0.15) is 5.82 Å². The number of hydrogen-bond acceptors (Lipinski definition) is 2. The van der Waals surface area contributed by atoms with E-state index in [0.717, 1.165) is 31.2 Å². The average molecular weight is 262 g/mol. The second kappa shape index (κ2) is 4.60. The van der Waals surface area contributed by atoms with E-state index in [2.05, 4.69) is 0 Å². The molecule has 2 aliphatic heterocycles. The summed E-state index contributed by atoms with van der Waals surface area (Å²) in [7, 11) is 0. The lowest BCUT2D eigenvalue weighted by Crippen LogP contribution is -2.50. The molecule has 1 amide bonds. The summed E-state index contributed by atoms with van der Waals surface area (Å²) in [6.45, 7) is 1.81. The zero-order valence-electron chi connectivity index (χ0n) is 11.1. The van der Waals surface area contributed by atoms with Gasteiger partial charge in [0.05, 0.1) is 0 Å². The van der Waals surface area contributed by atoms with Gasteiger partial charge in [-0.15, -0.1) is 0 Å². The number of carbonyl (C=O) groups is 1. The Hall–Kier alpha value is -1.42. The van der Waals surface area contributed by atoms with Gasteiger partial charge in [-0.25, -0.2) is 4.39 Å². The molecule has 0 saturated carbocycles. The molecule has 19 heavy (non-hydrogen) atoms. The van der Waals surface area contributed by atoms with Crippen molar-refractivity contribution in [3.8, 4) is 0 Å². The fraction of sp³-hybridized carbons (Fsp3) is 0.533. The monoisotopic (exact) mass is 262 g/mol. The first-order chi connectivity index (χ1) is 9.04. The number of rotatable bonds is 1. The molecule has 2 atom stereocenters.